The molecule has 0 saturated heterocycles. The number of hydrogen-bond donors (Lipinski definition) is 0. The predicted molar refractivity (Wildman–Crippen MR) is 62.5 cm³/mol. The van der Waals surface area contributed by atoms with Crippen molar-refractivity contribution in [1.82, 2.24) is 4.67 Å². The van der Waals surface area contributed by atoms with Crippen molar-refractivity contribution >= 4 is 35.2 Å². The number of carbonyl (C=O) groups is 1. The van der Waals surface area contributed by atoms with E-state index in [1.165, 1.54) is 4.67 Å². The number of carbonyl (C=O) groups excluding carboxylic acids is 1. The lowest BCUT2D eigenvalue weighted by molar-refractivity contribution is -0.113. The van der Waals surface area contributed by atoms with E-state index >= 15 is 0 Å². The van der Waals surface area contributed by atoms with Crippen molar-refractivity contribution in [3.05, 3.63) is 0 Å². The number of hydrogen-bond acceptors (Lipinski definition) is 4. The Morgan fingerprint density at radius 1 is 1.62 bits per heavy atom. The molecule has 13 heavy (non-hydrogen) atoms. The molecule has 1 amide bonds. The minimum atomic E-state index is -2.11. The van der Waals surface area contributed by atoms with Crippen LogP contribution in [0.3, 0.4) is 0 Å². The third kappa shape index (κ3) is 4.45. The van der Waals surface area contributed by atoms with Crippen LogP contribution in [0.5, 0.6) is 0 Å². The highest BCUT2D eigenvalue weighted by molar-refractivity contribution is 8.68. The maximum atomic E-state index is 10.6. The standard InChI is InChI=1S/C7H16NO2PS2/c1-4-6-13-11(12,10-5-2)8(3)7-9/h7H,4-6H2,1-3H3. The molecule has 78 valence electrons. The molecular weight excluding hydrogens is 225 g/mol. The molecular formula is C7H16NO2PS2. The topological polar surface area (TPSA) is 29.5 Å². The van der Waals surface area contributed by atoms with Crippen LogP contribution in [0.4, 0.5) is 0 Å². The van der Waals surface area contributed by atoms with E-state index in [4.69, 9.17) is 16.3 Å². The van der Waals surface area contributed by atoms with Gasteiger partial charge in [-0.05, 0) is 25.2 Å². The van der Waals surface area contributed by atoms with Gasteiger partial charge in [-0.2, -0.15) is 0 Å². The Balaban J connectivity index is 4.32. The van der Waals surface area contributed by atoms with Crippen LogP contribution in [0, 0.1) is 0 Å². The fraction of sp³-hybridized carbons (Fsp3) is 0.857. The van der Waals surface area contributed by atoms with E-state index in [1.54, 1.807) is 18.4 Å². The van der Waals surface area contributed by atoms with E-state index in [2.05, 4.69) is 6.92 Å². The monoisotopic (exact) mass is 241 g/mol. The molecule has 1 unspecified atom stereocenters. The fourth-order valence-electron chi connectivity index (χ4n) is 0.647. The van der Waals surface area contributed by atoms with E-state index < -0.39 is 5.62 Å². The summed E-state index contributed by atoms with van der Waals surface area (Å²) in [7, 11) is 1.69. The maximum Gasteiger partial charge on any atom is 0.215 e. The van der Waals surface area contributed by atoms with Crippen LogP contribution in [0.1, 0.15) is 20.3 Å². The zero-order chi connectivity index (χ0) is 10.3. The number of rotatable bonds is 7. The lowest BCUT2D eigenvalue weighted by Gasteiger charge is -2.26. The molecule has 0 bridgehead atoms. The molecule has 0 fully saturated rings. The van der Waals surface area contributed by atoms with E-state index in [0.29, 0.717) is 6.61 Å². The Morgan fingerprint density at radius 2 is 2.23 bits per heavy atom. The molecule has 0 N–H and O–H groups in total. The Labute approximate surface area is 89.1 Å². The van der Waals surface area contributed by atoms with Gasteiger partial charge in [0.2, 0.25) is 12.0 Å². The van der Waals surface area contributed by atoms with Gasteiger partial charge in [-0.15, -0.1) is 0 Å². The second-order valence-electron chi connectivity index (χ2n) is 2.40. The first-order valence-electron chi connectivity index (χ1n) is 4.18. The van der Waals surface area contributed by atoms with Gasteiger partial charge in [0.25, 0.3) is 0 Å². The molecule has 0 aliphatic rings. The summed E-state index contributed by atoms with van der Waals surface area (Å²) in [4.78, 5) is 10.6. The third-order valence-corrected chi connectivity index (χ3v) is 8.31. The minimum Gasteiger partial charge on any atom is -0.327 e. The zero-order valence-electron chi connectivity index (χ0n) is 8.23. The molecule has 0 saturated carbocycles. The van der Waals surface area contributed by atoms with E-state index in [1.807, 2.05) is 6.92 Å². The van der Waals surface area contributed by atoms with Crippen molar-refractivity contribution in [2.75, 3.05) is 19.4 Å². The molecule has 0 aliphatic heterocycles. The van der Waals surface area contributed by atoms with Crippen molar-refractivity contribution in [3.8, 4) is 0 Å². The summed E-state index contributed by atoms with van der Waals surface area (Å²) < 4.78 is 6.96. The average Bonchev–Trinajstić information content (AvgIpc) is 2.14. The minimum absolute atomic E-state index is 0.562. The summed E-state index contributed by atoms with van der Waals surface area (Å²) in [6, 6.07) is 0. The van der Waals surface area contributed by atoms with Gasteiger partial charge in [0.05, 0.1) is 6.61 Å². The fourth-order valence-corrected chi connectivity index (χ4v) is 5.48. The zero-order valence-corrected chi connectivity index (χ0v) is 10.8. The smallest absolute Gasteiger partial charge is 0.215 e. The molecule has 1 atom stereocenters. The van der Waals surface area contributed by atoms with Crippen LogP contribution in [0.2, 0.25) is 0 Å². The van der Waals surface area contributed by atoms with Gasteiger partial charge in [0.15, 0.2) is 0 Å². The van der Waals surface area contributed by atoms with Crippen molar-refractivity contribution in [1.29, 1.82) is 0 Å². The lowest BCUT2D eigenvalue weighted by atomic mass is 10.6. The first kappa shape index (κ1) is 13.4. The summed E-state index contributed by atoms with van der Waals surface area (Å²) in [5, 5.41) is 0. The Morgan fingerprint density at radius 3 is 2.62 bits per heavy atom. The quantitative estimate of drug-likeness (QED) is 0.506. The average molecular weight is 241 g/mol. The van der Waals surface area contributed by atoms with Gasteiger partial charge < -0.3 is 4.52 Å². The molecule has 3 nitrogen and oxygen atoms in total. The normalized spacial score (nSPS) is 15.0. The first-order valence-corrected chi connectivity index (χ1v) is 8.44. The predicted octanol–water partition coefficient (Wildman–Crippen LogP) is 2.48. The van der Waals surface area contributed by atoms with Crippen LogP contribution < -0.4 is 0 Å². The largest absolute Gasteiger partial charge is 0.327 e. The van der Waals surface area contributed by atoms with Gasteiger partial charge in [-0.25, -0.2) is 0 Å². The Hall–Kier alpha value is 0.430. The lowest BCUT2D eigenvalue weighted by Crippen LogP contribution is -2.12. The molecule has 6 heteroatoms. The van der Waals surface area contributed by atoms with Crippen molar-refractivity contribution in [2.24, 2.45) is 0 Å². The van der Waals surface area contributed by atoms with Gasteiger partial charge in [0.1, 0.15) is 0 Å². The molecule has 0 rings (SSSR count). The summed E-state index contributed by atoms with van der Waals surface area (Å²) in [5.74, 6) is 0.940. The van der Waals surface area contributed by atoms with Crippen molar-refractivity contribution in [2.45, 2.75) is 20.3 Å². The van der Waals surface area contributed by atoms with Gasteiger partial charge >= 0.3 is 0 Å². The second-order valence-corrected chi connectivity index (χ2v) is 9.33. The number of nitrogens with zero attached hydrogens (tertiary/aromatic N) is 1. The van der Waals surface area contributed by atoms with E-state index in [-0.39, 0.29) is 0 Å². The van der Waals surface area contributed by atoms with E-state index in [9.17, 15) is 4.79 Å². The molecule has 0 spiro atoms. The van der Waals surface area contributed by atoms with Gasteiger partial charge in [0, 0.05) is 12.8 Å². The molecule has 0 aromatic heterocycles. The highest BCUT2D eigenvalue weighted by atomic mass is 32.9. The van der Waals surface area contributed by atoms with Crippen LogP contribution in [0.25, 0.3) is 0 Å². The molecule has 0 aromatic carbocycles. The van der Waals surface area contributed by atoms with Gasteiger partial charge in [-0.1, -0.05) is 18.3 Å². The van der Waals surface area contributed by atoms with Gasteiger partial charge in [-0.3, -0.25) is 9.46 Å². The summed E-state index contributed by atoms with van der Waals surface area (Å²) in [6.07, 6.45) is 1.79. The van der Waals surface area contributed by atoms with E-state index in [0.717, 1.165) is 18.6 Å². The SMILES string of the molecule is CCCSP(=S)(OCC)N(C)C=O. The first-order chi connectivity index (χ1) is 6.10. The maximum absolute atomic E-state index is 10.6. The summed E-state index contributed by atoms with van der Waals surface area (Å²) in [5.41, 5.74) is -2.11. The van der Waals surface area contributed by atoms with Crippen LogP contribution in [-0.2, 0) is 21.1 Å². The van der Waals surface area contributed by atoms with Crippen molar-refractivity contribution in [3.63, 3.8) is 0 Å². The molecule has 0 radical (unpaired) electrons. The second kappa shape index (κ2) is 6.82. The molecule has 0 aliphatic carbocycles. The van der Waals surface area contributed by atoms with Crippen LogP contribution >= 0.6 is 17.0 Å². The Kier molecular flexibility index (Phi) is 7.05. The summed E-state index contributed by atoms with van der Waals surface area (Å²) >= 11 is 6.91. The highest BCUT2D eigenvalue weighted by Gasteiger charge is 2.22. The van der Waals surface area contributed by atoms with Crippen molar-refractivity contribution < 1.29 is 9.32 Å². The Bertz CT molecular complexity index is 201. The molecule has 0 heterocycles. The number of amides is 1. The third-order valence-electron chi connectivity index (χ3n) is 1.29. The molecule has 0 aromatic rings. The highest BCUT2D eigenvalue weighted by Crippen LogP contribution is 2.61. The summed E-state index contributed by atoms with van der Waals surface area (Å²) in [6.45, 7) is 4.54. The van der Waals surface area contributed by atoms with Crippen LogP contribution in [-0.4, -0.2) is 30.5 Å². The van der Waals surface area contributed by atoms with Crippen LogP contribution in [0.15, 0.2) is 0 Å².